The highest BCUT2D eigenvalue weighted by molar-refractivity contribution is 5.68. The number of nitrogens with zero attached hydrogens (tertiary/aromatic N) is 1. The summed E-state index contributed by atoms with van der Waals surface area (Å²) in [5, 5.41) is 9.18. The van der Waals surface area contributed by atoms with Gasteiger partial charge in [0.05, 0.1) is 6.10 Å². The Balaban J connectivity index is 2.38. The maximum absolute atomic E-state index is 11.5. The van der Waals surface area contributed by atoms with E-state index in [1.807, 2.05) is 20.8 Å². The van der Waals surface area contributed by atoms with Crippen LogP contribution in [0.1, 0.15) is 33.6 Å². The third-order valence-electron chi connectivity index (χ3n) is 1.99. The van der Waals surface area contributed by atoms with Gasteiger partial charge in [-0.2, -0.15) is 0 Å². The first-order valence-corrected chi connectivity index (χ1v) is 4.90. The first-order chi connectivity index (χ1) is 6.38. The highest BCUT2D eigenvalue weighted by Gasteiger charge is 2.26. The maximum atomic E-state index is 11.5. The molecule has 0 atom stereocenters. The number of aliphatic hydroxyl groups is 1. The Morgan fingerprint density at radius 2 is 1.86 bits per heavy atom. The molecule has 0 saturated carbocycles. The summed E-state index contributed by atoms with van der Waals surface area (Å²) >= 11 is 0. The molecule has 1 aliphatic rings. The van der Waals surface area contributed by atoms with Gasteiger partial charge < -0.3 is 14.7 Å². The molecule has 0 spiro atoms. The van der Waals surface area contributed by atoms with Crippen LogP contribution in [0.4, 0.5) is 4.79 Å². The van der Waals surface area contributed by atoms with Gasteiger partial charge in [0.2, 0.25) is 0 Å². The van der Waals surface area contributed by atoms with Crippen molar-refractivity contribution < 1.29 is 14.6 Å². The van der Waals surface area contributed by atoms with Gasteiger partial charge in [-0.05, 0) is 33.6 Å². The summed E-state index contributed by atoms with van der Waals surface area (Å²) in [5.41, 5.74) is -0.444. The number of carbonyl (C=O) groups excluding carboxylic acids is 1. The fourth-order valence-electron chi connectivity index (χ4n) is 1.27. The van der Waals surface area contributed by atoms with Crippen LogP contribution in [0.25, 0.3) is 0 Å². The summed E-state index contributed by atoms with van der Waals surface area (Å²) in [5.74, 6) is 0. The lowest BCUT2D eigenvalue weighted by molar-refractivity contribution is 0.0189. The van der Waals surface area contributed by atoms with E-state index in [2.05, 4.69) is 0 Å². The standard InChI is InChI=1S/C10H18NO3/c1-10(2,3)14-9(13)11-6-4-8(12)5-7-11/h12H,4-7H2,1-3H3. The third kappa shape index (κ3) is 3.54. The summed E-state index contributed by atoms with van der Waals surface area (Å²) in [6, 6.07) is 0. The monoisotopic (exact) mass is 200 g/mol. The number of amides is 1. The molecule has 0 bridgehead atoms. The molecule has 1 fully saturated rings. The van der Waals surface area contributed by atoms with Crippen molar-refractivity contribution in [2.75, 3.05) is 13.1 Å². The van der Waals surface area contributed by atoms with Crippen LogP contribution in [0.2, 0.25) is 0 Å². The molecule has 1 saturated heterocycles. The molecule has 0 aromatic rings. The number of carbonyl (C=O) groups is 1. The Morgan fingerprint density at radius 1 is 1.36 bits per heavy atom. The van der Waals surface area contributed by atoms with Crippen LogP contribution in [-0.4, -0.2) is 34.8 Å². The van der Waals surface area contributed by atoms with Crippen molar-refractivity contribution in [1.29, 1.82) is 0 Å². The van der Waals surface area contributed by atoms with E-state index in [4.69, 9.17) is 4.74 Å². The summed E-state index contributed by atoms with van der Waals surface area (Å²) in [4.78, 5) is 13.2. The molecule has 4 heteroatoms. The summed E-state index contributed by atoms with van der Waals surface area (Å²) in [6.45, 7) is 6.65. The van der Waals surface area contributed by atoms with Gasteiger partial charge in [-0.15, -0.1) is 0 Å². The molecule has 0 aromatic carbocycles. The van der Waals surface area contributed by atoms with Gasteiger partial charge in [-0.1, -0.05) is 0 Å². The van der Waals surface area contributed by atoms with Crippen LogP contribution in [0.15, 0.2) is 0 Å². The van der Waals surface area contributed by atoms with Crippen molar-refractivity contribution in [1.82, 2.24) is 4.90 Å². The lowest BCUT2D eigenvalue weighted by Gasteiger charge is -2.31. The predicted octanol–water partition coefficient (Wildman–Crippen LogP) is 1.92. The van der Waals surface area contributed by atoms with Crippen molar-refractivity contribution in [3.63, 3.8) is 0 Å². The van der Waals surface area contributed by atoms with E-state index in [9.17, 15) is 9.90 Å². The third-order valence-corrected chi connectivity index (χ3v) is 1.99. The van der Waals surface area contributed by atoms with Gasteiger partial charge in [0, 0.05) is 13.1 Å². The maximum Gasteiger partial charge on any atom is 0.410 e. The first kappa shape index (κ1) is 11.3. The minimum absolute atomic E-state index is 0.287. The quantitative estimate of drug-likeness (QED) is 0.650. The second-order valence-electron chi connectivity index (χ2n) is 4.53. The molecule has 0 aromatic heterocycles. The molecule has 1 radical (unpaired) electrons. The lowest BCUT2D eigenvalue weighted by Crippen LogP contribution is -2.41. The van der Waals surface area contributed by atoms with E-state index >= 15 is 0 Å². The number of hydrogen-bond acceptors (Lipinski definition) is 3. The highest BCUT2D eigenvalue weighted by atomic mass is 16.6. The Kier molecular flexibility index (Phi) is 3.37. The van der Waals surface area contributed by atoms with E-state index in [-0.39, 0.29) is 6.09 Å². The molecule has 1 aliphatic heterocycles. The molecule has 14 heavy (non-hydrogen) atoms. The topological polar surface area (TPSA) is 49.8 Å². The molecule has 0 unspecified atom stereocenters. The van der Waals surface area contributed by atoms with Gasteiger partial charge in [-0.25, -0.2) is 4.79 Å². The fraction of sp³-hybridized carbons (Fsp3) is 0.800. The van der Waals surface area contributed by atoms with E-state index in [1.54, 1.807) is 4.90 Å². The summed E-state index contributed by atoms with van der Waals surface area (Å²) in [7, 11) is 0. The van der Waals surface area contributed by atoms with E-state index in [0.29, 0.717) is 32.0 Å². The number of likely N-dealkylation sites (tertiary alicyclic amines) is 1. The fourth-order valence-corrected chi connectivity index (χ4v) is 1.27. The Bertz CT molecular complexity index is 202. The predicted molar refractivity (Wildman–Crippen MR) is 52.2 cm³/mol. The number of rotatable bonds is 0. The summed E-state index contributed by atoms with van der Waals surface area (Å²) < 4.78 is 5.21. The largest absolute Gasteiger partial charge is 0.444 e. The second-order valence-corrected chi connectivity index (χ2v) is 4.53. The summed E-state index contributed by atoms with van der Waals surface area (Å²) in [6.07, 6.45) is 1.33. The minimum Gasteiger partial charge on any atom is -0.444 e. The van der Waals surface area contributed by atoms with Crippen LogP contribution >= 0.6 is 0 Å². The van der Waals surface area contributed by atoms with Crippen molar-refractivity contribution in [3.8, 4) is 0 Å². The van der Waals surface area contributed by atoms with Crippen LogP contribution in [-0.2, 0) is 4.74 Å². The Labute approximate surface area is 84.8 Å². The number of ether oxygens (including phenoxy) is 1. The SMILES string of the molecule is CC(C)(C)OC(=O)N1CC[C](O)CC1. The molecule has 1 heterocycles. The molecular formula is C10H18NO3. The normalized spacial score (nSPS) is 19.6. The molecule has 1 N–H and O–H groups in total. The van der Waals surface area contributed by atoms with Crippen molar-refractivity contribution in [2.45, 2.75) is 39.2 Å². The molecule has 1 amide bonds. The smallest absolute Gasteiger partial charge is 0.410 e. The molecular weight excluding hydrogens is 182 g/mol. The zero-order chi connectivity index (χ0) is 10.8. The lowest BCUT2D eigenvalue weighted by atomic mass is 10.1. The average Bonchev–Trinajstić information content (AvgIpc) is 2.02. The second kappa shape index (κ2) is 4.17. The van der Waals surface area contributed by atoms with Crippen LogP contribution in [0.5, 0.6) is 0 Å². The van der Waals surface area contributed by atoms with Gasteiger partial charge >= 0.3 is 6.09 Å². The Hall–Kier alpha value is -0.770. The number of aliphatic hydroxyl groups excluding tert-OH is 1. The zero-order valence-electron chi connectivity index (χ0n) is 9.04. The van der Waals surface area contributed by atoms with Gasteiger partial charge in [-0.3, -0.25) is 0 Å². The molecule has 0 aliphatic carbocycles. The van der Waals surface area contributed by atoms with Crippen LogP contribution in [0, 0.1) is 6.10 Å². The van der Waals surface area contributed by atoms with Crippen molar-refractivity contribution in [3.05, 3.63) is 6.10 Å². The zero-order valence-corrected chi connectivity index (χ0v) is 9.04. The van der Waals surface area contributed by atoms with Gasteiger partial charge in [0.15, 0.2) is 0 Å². The van der Waals surface area contributed by atoms with E-state index in [0.717, 1.165) is 0 Å². The average molecular weight is 200 g/mol. The molecule has 81 valence electrons. The number of piperidine rings is 1. The highest BCUT2D eigenvalue weighted by Crippen LogP contribution is 2.18. The van der Waals surface area contributed by atoms with Crippen molar-refractivity contribution >= 4 is 6.09 Å². The van der Waals surface area contributed by atoms with Crippen LogP contribution < -0.4 is 0 Å². The van der Waals surface area contributed by atoms with E-state index in [1.165, 1.54) is 0 Å². The van der Waals surface area contributed by atoms with Crippen LogP contribution in [0.3, 0.4) is 0 Å². The van der Waals surface area contributed by atoms with Crippen molar-refractivity contribution in [2.24, 2.45) is 0 Å². The molecule has 4 nitrogen and oxygen atoms in total. The van der Waals surface area contributed by atoms with E-state index < -0.39 is 5.60 Å². The molecule has 1 rings (SSSR count). The Morgan fingerprint density at radius 3 is 2.29 bits per heavy atom. The number of hydrogen-bond donors (Lipinski definition) is 1. The van der Waals surface area contributed by atoms with Gasteiger partial charge in [0.1, 0.15) is 5.60 Å². The first-order valence-electron chi connectivity index (χ1n) is 4.90. The van der Waals surface area contributed by atoms with Gasteiger partial charge in [0.25, 0.3) is 0 Å². The minimum atomic E-state index is -0.444.